The molecular weight excluding hydrogens is 288 g/mol. The molecule has 116 valence electrons. The van der Waals surface area contributed by atoms with E-state index in [1.54, 1.807) is 12.5 Å². The van der Waals surface area contributed by atoms with Gasteiger partial charge in [-0.15, -0.1) is 0 Å². The minimum atomic E-state index is 0.289. The molecule has 3 heterocycles. The van der Waals surface area contributed by atoms with Gasteiger partial charge in [-0.1, -0.05) is 18.2 Å². The molecule has 0 saturated carbocycles. The number of rotatable bonds is 2. The Morgan fingerprint density at radius 2 is 1.87 bits per heavy atom. The lowest BCUT2D eigenvalue weighted by atomic mass is 10.1. The van der Waals surface area contributed by atoms with E-state index in [9.17, 15) is 0 Å². The highest BCUT2D eigenvalue weighted by atomic mass is 15.3. The van der Waals surface area contributed by atoms with Crippen molar-refractivity contribution in [1.82, 2.24) is 19.9 Å². The molecule has 6 heteroatoms. The van der Waals surface area contributed by atoms with E-state index in [-0.39, 0.29) is 6.04 Å². The molecule has 0 atom stereocenters. The van der Waals surface area contributed by atoms with E-state index in [1.165, 1.54) is 0 Å². The summed E-state index contributed by atoms with van der Waals surface area (Å²) in [5.74, 6) is 1.41. The third kappa shape index (κ3) is 2.73. The first-order valence-corrected chi connectivity index (χ1v) is 7.85. The van der Waals surface area contributed by atoms with E-state index in [4.69, 9.17) is 5.73 Å². The van der Waals surface area contributed by atoms with E-state index in [1.807, 2.05) is 30.3 Å². The third-order valence-electron chi connectivity index (χ3n) is 4.27. The number of pyridine rings is 1. The van der Waals surface area contributed by atoms with Crippen LogP contribution in [0.4, 0.5) is 5.95 Å². The number of nitrogens with zero attached hydrogens (tertiary/aromatic N) is 5. The van der Waals surface area contributed by atoms with Crippen molar-refractivity contribution in [2.45, 2.75) is 18.9 Å². The Labute approximate surface area is 134 Å². The maximum Gasteiger partial charge on any atom is 0.228 e. The van der Waals surface area contributed by atoms with Crippen LogP contribution in [0, 0.1) is 0 Å². The van der Waals surface area contributed by atoms with E-state index in [2.05, 4.69) is 24.8 Å². The Hall–Kier alpha value is -2.60. The van der Waals surface area contributed by atoms with Crippen LogP contribution in [0.3, 0.4) is 0 Å². The predicted octanol–water partition coefficient (Wildman–Crippen LogP) is 2.01. The highest BCUT2D eigenvalue weighted by Gasteiger charge is 2.19. The summed E-state index contributed by atoms with van der Waals surface area (Å²) in [5.41, 5.74) is 7.89. The zero-order chi connectivity index (χ0) is 15.6. The standard InChI is InChI=1S/C17H18N6/c18-12-6-9-23(10-7-12)17-21-11-20-16(22-17)14-3-1-5-15-13(14)4-2-8-19-15/h1-5,8,11-12H,6-7,9-10,18H2. The molecule has 0 aliphatic carbocycles. The minimum absolute atomic E-state index is 0.289. The van der Waals surface area contributed by atoms with Gasteiger partial charge in [0.1, 0.15) is 6.33 Å². The van der Waals surface area contributed by atoms with Gasteiger partial charge in [0, 0.05) is 36.3 Å². The van der Waals surface area contributed by atoms with Crippen LogP contribution in [-0.2, 0) is 0 Å². The summed E-state index contributed by atoms with van der Waals surface area (Å²) in [6.07, 6.45) is 5.32. The number of fused-ring (bicyclic) bond motifs is 1. The summed E-state index contributed by atoms with van der Waals surface area (Å²) in [6.45, 7) is 1.78. The molecule has 0 radical (unpaired) electrons. The summed E-state index contributed by atoms with van der Waals surface area (Å²) < 4.78 is 0. The highest BCUT2D eigenvalue weighted by Crippen LogP contribution is 2.25. The normalized spacial score (nSPS) is 16.0. The van der Waals surface area contributed by atoms with Gasteiger partial charge in [0.05, 0.1) is 5.52 Å². The zero-order valence-corrected chi connectivity index (χ0v) is 12.8. The van der Waals surface area contributed by atoms with Crippen molar-refractivity contribution in [1.29, 1.82) is 0 Å². The number of aromatic nitrogens is 4. The molecule has 0 bridgehead atoms. The summed E-state index contributed by atoms with van der Waals surface area (Å²) in [5, 5.41) is 1.05. The fourth-order valence-electron chi connectivity index (χ4n) is 2.97. The van der Waals surface area contributed by atoms with Gasteiger partial charge < -0.3 is 10.6 Å². The van der Waals surface area contributed by atoms with Gasteiger partial charge >= 0.3 is 0 Å². The van der Waals surface area contributed by atoms with Crippen LogP contribution < -0.4 is 10.6 Å². The van der Waals surface area contributed by atoms with Crippen LogP contribution >= 0.6 is 0 Å². The molecule has 0 amide bonds. The van der Waals surface area contributed by atoms with Gasteiger partial charge in [0.2, 0.25) is 5.95 Å². The first kappa shape index (κ1) is 14.0. The second-order valence-corrected chi connectivity index (χ2v) is 5.81. The second kappa shape index (κ2) is 5.89. The van der Waals surface area contributed by atoms with Crippen molar-refractivity contribution in [3.63, 3.8) is 0 Å². The van der Waals surface area contributed by atoms with Gasteiger partial charge in [-0.05, 0) is 25.0 Å². The van der Waals surface area contributed by atoms with Crippen LogP contribution in [0.25, 0.3) is 22.3 Å². The fraction of sp³-hybridized carbons (Fsp3) is 0.294. The predicted molar refractivity (Wildman–Crippen MR) is 90.0 cm³/mol. The molecule has 0 unspecified atom stereocenters. The molecule has 1 saturated heterocycles. The van der Waals surface area contributed by atoms with E-state index >= 15 is 0 Å². The lowest BCUT2D eigenvalue weighted by Gasteiger charge is -2.30. The van der Waals surface area contributed by atoms with Crippen molar-refractivity contribution in [2.24, 2.45) is 5.73 Å². The molecular formula is C17H18N6. The van der Waals surface area contributed by atoms with Crippen LogP contribution in [0.5, 0.6) is 0 Å². The van der Waals surface area contributed by atoms with Crippen LogP contribution in [0.15, 0.2) is 42.9 Å². The van der Waals surface area contributed by atoms with Crippen molar-refractivity contribution in [3.8, 4) is 11.4 Å². The van der Waals surface area contributed by atoms with Gasteiger partial charge in [0.15, 0.2) is 5.82 Å². The molecule has 23 heavy (non-hydrogen) atoms. The van der Waals surface area contributed by atoms with Crippen molar-refractivity contribution >= 4 is 16.9 Å². The van der Waals surface area contributed by atoms with Gasteiger partial charge in [-0.25, -0.2) is 9.97 Å². The first-order chi connectivity index (χ1) is 11.3. The zero-order valence-electron chi connectivity index (χ0n) is 12.8. The number of hydrogen-bond donors (Lipinski definition) is 1. The molecule has 1 fully saturated rings. The number of nitrogens with two attached hydrogens (primary N) is 1. The fourth-order valence-corrected chi connectivity index (χ4v) is 2.97. The Morgan fingerprint density at radius 1 is 1.00 bits per heavy atom. The molecule has 1 aliphatic heterocycles. The lowest BCUT2D eigenvalue weighted by Crippen LogP contribution is -2.40. The maximum atomic E-state index is 5.97. The molecule has 4 rings (SSSR count). The molecule has 3 aromatic rings. The van der Waals surface area contributed by atoms with Crippen molar-refractivity contribution in [2.75, 3.05) is 18.0 Å². The van der Waals surface area contributed by atoms with Gasteiger partial charge in [-0.3, -0.25) is 4.98 Å². The molecule has 0 spiro atoms. The largest absolute Gasteiger partial charge is 0.341 e. The average Bonchev–Trinajstić information content (AvgIpc) is 2.62. The Morgan fingerprint density at radius 3 is 2.74 bits per heavy atom. The SMILES string of the molecule is NC1CCN(c2ncnc(-c3cccc4ncccc34)n2)CC1. The molecule has 2 N–H and O–H groups in total. The van der Waals surface area contributed by atoms with Crippen molar-refractivity contribution < 1.29 is 0 Å². The first-order valence-electron chi connectivity index (χ1n) is 7.85. The smallest absolute Gasteiger partial charge is 0.228 e. The Balaban J connectivity index is 1.73. The van der Waals surface area contributed by atoms with Crippen LogP contribution in [0.2, 0.25) is 0 Å². The number of anilines is 1. The minimum Gasteiger partial charge on any atom is -0.341 e. The second-order valence-electron chi connectivity index (χ2n) is 5.81. The van der Waals surface area contributed by atoms with Crippen LogP contribution in [0.1, 0.15) is 12.8 Å². The summed E-state index contributed by atoms with van der Waals surface area (Å²) in [7, 11) is 0. The average molecular weight is 306 g/mol. The van der Waals surface area contributed by atoms with Crippen molar-refractivity contribution in [3.05, 3.63) is 42.9 Å². The summed E-state index contributed by atoms with van der Waals surface area (Å²) in [6, 6.07) is 10.3. The monoisotopic (exact) mass is 306 g/mol. The summed E-state index contributed by atoms with van der Waals surface area (Å²) in [4.78, 5) is 20.0. The van der Waals surface area contributed by atoms with E-state index < -0.39 is 0 Å². The third-order valence-corrected chi connectivity index (χ3v) is 4.27. The number of piperidine rings is 1. The molecule has 6 nitrogen and oxygen atoms in total. The molecule has 2 aromatic heterocycles. The molecule has 1 aromatic carbocycles. The topological polar surface area (TPSA) is 80.8 Å². The number of benzene rings is 1. The Bertz CT molecular complexity index is 821. The molecule has 1 aliphatic rings. The van der Waals surface area contributed by atoms with Gasteiger partial charge in [0.25, 0.3) is 0 Å². The maximum absolute atomic E-state index is 5.97. The number of hydrogen-bond acceptors (Lipinski definition) is 6. The van der Waals surface area contributed by atoms with E-state index in [0.717, 1.165) is 48.3 Å². The lowest BCUT2D eigenvalue weighted by molar-refractivity contribution is 0.495. The van der Waals surface area contributed by atoms with E-state index in [0.29, 0.717) is 5.82 Å². The van der Waals surface area contributed by atoms with Gasteiger partial charge in [-0.2, -0.15) is 4.98 Å². The quantitative estimate of drug-likeness (QED) is 0.780. The highest BCUT2D eigenvalue weighted by molar-refractivity contribution is 5.92. The summed E-state index contributed by atoms with van der Waals surface area (Å²) >= 11 is 0. The van der Waals surface area contributed by atoms with Crippen LogP contribution in [-0.4, -0.2) is 39.1 Å². The Kier molecular flexibility index (Phi) is 3.59.